The maximum absolute atomic E-state index is 12.7. The van der Waals surface area contributed by atoms with Crippen molar-refractivity contribution in [3.63, 3.8) is 0 Å². The summed E-state index contributed by atoms with van der Waals surface area (Å²) in [6, 6.07) is 5.27. The van der Waals surface area contributed by atoms with Crippen LogP contribution in [-0.4, -0.2) is 23.1 Å². The Bertz CT molecular complexity index is 835. The summed E-state index contributed by atoms with van der Waals surface area (Å²) in [5, 5.41) is 20.0. The first-order chi connectivity index (χ1) is 11.6. The first kappa shape index (κ1) is 18.0. The SMILES string of the molecule is COc1cc(C(=O)O)ccc1Oc1ccc(C(F)(F)F)cc1[N+](=O)[O-]. The molecule has 25 heavy (non-hydrogen) atoms. The molecule has 7 nitrogen and oxygen atoms in total. The molecule has 2 aromatic carbocycles. The molecule has 0 fully saturated rings. The molecule has 1 N–H and O–H groups in total. The fourth-order valence-electron chi connectivity index (χ4n) is 1.93. The lowest BCUT2D eigenvalue weighted by molar-refractivity contribution is -0.385. The van der Waals surface area contributed by atoms with Crippen molar-refractivity contribution in [3.8, 4) is 17.2 Å². The molecule has 0 heterocycles. The van der Waals surface area contributed by atoms with Crippen LogP contribution in [0, 0.1) is 10.1 Å². The largest absolute Gasteiger partial charge is 0.493 e. The summed E-state index contributed by atoms with van der Waals surface area (Å²) in [4.78, 5) is 20.9. The highest BCUT2D eigenvalue weighted by atomic mass is 19.4. The lowest BCUT2D eigenvalue weighted by Gasteiger charge is -2.12. The van der Waals surface area contributed by atoms with Crippen LogP contribution in [-0.2, 0) is 6.18 Å². The van der Waals surface area contributed by atoms with Crippen molar-refractivity contribution in [2.75, 3.05) is 7.11 Å². The van der Waals surface area contributed by atoms with Gasteiger partial charge in [0, 0.05) is 6.07 Å². The van der Waals surface area contributed by atoms with Crippen LogP contribution in [0.2, 0.25) is 0 Å². The topological polar surface area (TPSA) is 98.9 Å². The summed E-state index contributed by atoms with van der Waals surface area (Å²) in [6.45, 7) is 0. The van der Waals surface area contributed by atoms with Gasteiger partial charge in [-0.2, -0.15) is 13.2 Å². The van der Waals surface area contributed by atoms with Crippen LogP contribution in [0.25, 0.3) is 0 Å². The highest BCUT2D eigenvalue weighted by molar-refractivity contribution is 5.88. The lowest BCUT2D eigenvalue weighted by Crippen LogP contribution is -2.06. The van der Waals surface area contributed by atoms with E-state index >= 15 is 0 Å². The quantitative estimate of drug-likeness (QED) is 0.638. The number of alkyl halides is 3. The van der Waals surface area contributed by atoms with E-state index in [4.69, 9.17) is 14.6 Å². The molecule has 0 aliphatic carbocycles. The fourth-order valence-corrected chi connectivity index (χ4v) is 1.93. The molecule has 0 atom stereocenters. The van der Waals surface area contributed by atoms with Gasteiger partial charge in [0.25, 0.3) is 0 Å². The van der Waals surface area contributed by atoms with Gasteiger partial charge >= 0.3 is 17.8 Å². The molecule has 2 aromatic rings. The summed E-state index contributed by atoms with van der Waals surface area (Å²) in [7, 11) is 1.22. The van der Waals surface area contributed by atoms with E-state index in [1.54, 1.807) is 0 Å². The number of rotatable bonds is 5. The number of methoxy groups -OCH3 is 1. The smallest absolute Gasteiger partial charge is 0.416 e. The molecule has 0 saturated carbocycles. The third-order valence-electron chi connectivity index (χ3n) is 3.11. The van der Waals surface area contributed by atoms with Gasteiger partial charge in [0.2, 0.25) is 5.75 Å². The number of benzene rings is 2. The van der Waals surface area contributed by atoms with Crippen molar-refractivity contribution in [1.82, 2.24) is 0 Å². The molecule has 0 aliphatic rings. The number of ether oxygens (including phenoxy) is 2. The van der Waals surface area contributed by atoms with Gasteiger partial charge in [0.05, 0.1) is 23.2 Å². The molecule has 0 unspecified atom stereocenters. The zero-order valence-electron chi connectivity index (χ0n) is 12.5. The van der Waals surface area contributed by atoms with Gasteiger partial charge in [0.1, 0.15) is 0 Å². The van der Waals surface area contributed by atoms with E-state index in [2.05, 4.69) is 0 Å². The van der Waals surface area contributed by atoms with Gasteiger partial charge in [-0.15, -0.1) is 0 Å². The fraction of sp³-hybridized carbons (Fsp3) is 0.133. The Hall–Kier alpha value is -3.30. The maximum Gasteiger partial charge on any atom is 0.416 e. The molecule has 0 radical (unpaired) electrons. The zero-order valence-corrected chi connectivity index (χ0v) is 12.5. The Kier molecular flexibility index (Phi) is 4.82. The van der Waals surface area contributed by atoms with E-state index in [1.165, 1.54) is 13.2 Å². The molecule has 0 saturated heterocycles. The minimum absolute atomic E-state index is 0.0471. The molecule has 0 bridgehead atoms. The molecule has 10 heteroatoms. The van der Waals surface area contributed by atoms with E-state index in [-0.39, 0.29) is 17.1 Å². The second-order valence-electron chi connectivity index (χ2n) is 4.71. The maximum atomic E-state index is 12.7. The van der Waals surface area contributed by atoms with E-state index < -0.39 is 34.1 Å². The van der Waals surface area contributed by atoms with Gasteiger partial charge in [-0.25, -0.2) is 4.79 Å². The Balaban J connectivity index is 2.46. The summed E-state index contributed by atoms with van der Waals surface area (Å²) in [6.07, 6.45) is -4.75. The predicted octanol–water partition coefficient (Wildman–Crippen LogP) is 4.11. The molecule has 132 valence electrons. The molecule has 0 spiro atoms. The van der Waals surface area contributed by atoms with Crippen molar-refractivity contribution >= 4 is 11.7 Å². The predicted molar refractivity (Wildman–Crippen MR) is 78.1 cm³/mol. The van der Waals surface area contributed by atoms with Crippen molar-refractivity contribution in [2.24, 2.45) is 0 Å². The van der Waals surface area contributed by atoms with Gasteiger partial charge < -0.3 is 14.6 Å². The number of carboxylic acids is 1. The standard InChI is InChI=1S/C15H10F3NO6/c1-24-13-6-8(14(20)21)2-4-12(13)25-11-5-3-9(15(16,17)18)7-10(11)19(22)23/h2-7H,1H3,(H,20,21). The van der Waals surface area contributed by atoms with Crippen LogP contribution >= 0.6 is 0 Å². The van der Waals surface area contributed by atoms with Crippen LogP contribution in [0.3, 0.4) is 0 Å². The Morgan fingerprint density at radius 3 is 2.28 bits per heavy atom. The van der Waals surface area contributed by atoms with Crippen LogP contribution in [0.4, 0.5) is 18.9 Å². The Morgan fingerprint density at radius 2 is 1.76 bits per heavy atom. The summed E-state index contributed by atoms with van der Waals surface area (Å²) in [5.41, 5.74) is -2.20. The monoisotopic (exact) mass is 357 g/mol. The minimum Gasteiger partial charge on any atom is -0.493 e. The van der Waals surface area contributed by atoms with E-state index in [0.29, 0.717) is 12.1 Å². The first-order valence-corrected chi connectivity index (χ1v) is 6.58. The van der Waals surface area contributed by atoms with Gasteiger partial charge in [-0.05, 0) is 30.3 Å². The van der Waals surface area contributed by atoms with Crippen LogP contribution in [0.5, 0.6) is 17.2 Å². The number of nitro groups is 1. The third-order valence-corrected chi connectivity index (χ3v) is 3.11. The van der Waals surface area contributed by atoms with Crippen LogP contribution in [0.1, 0.15) is 15.9 Å². The highest BCUT2D eigenvalue weighted by Gasteiger charge is 2.33. The molecular weight excluding hydrogens is 347 g/mol. The number of nitrogens with zero attached hydrogens (tertiary/aromatic N) is 1. The Morgan fingerprint density at radius 1 is 1.12 bits per heavy atom. The minimum atomic E-state index is -4.75. The molecule has 0 amide bonds. The lowest BCUT2D eigenvalue weighted by atomic mass is 10.1. The van der Waals surface area contributed by atoms with Gasteiger partial charge in [0.15, 0.2) is 11.5 Å². The molecule has 0 aliphatic heterocycles. The van der Waals surface area contributed by atoms with E-state index in [0.717, 1.165) is 18.2 Å². The normalized spacial score (nSPS) is 11.0. The molecule has 0 aromatic heterocycles. The van der Waals surface area contributed by atoms with Crippen molar-refractivity contribution in [1.29, 1.82) is 0 Å². The second-order valence-corrected chi connectivity index (χ2v) is 4.71. The zero-order chi connectivity index (χ0) is 18.8. The number of aromatic carboxylic acids is 1. The van der Waals surface area contributed by atoms with Gasteiger partial charge in [-0.1, -0.05) is 0 Å². The number of halogens is 3. The summed E-state index contributed by atoms with van der Waals surface area (Å²) in [5.74, 6) is -1.81. The van der Waals surface area contributed by atoms with Crippen molar-refractivity contribution < 1.29 is 37.5 Å². The number of nitro benzene ring substituents is 1. The van der Waals surface area contributed by atoms with Crippen LogP contribution < -0.4 is 9.47 Å². The Labute approximate surface area is 138 Å². The third kappa shape index (κ3) is 3.97. The molecular formula is C15H10F3NO6. The van der Waals surface area contributed by atoms with Crippen molar-refractivity contribution in [3.05, 3.63) is 57.6 Å². The summed E-state index contributed by atoms with van der Waals surface area (Å²) >= 11 is 0. The first-order valence-electron chi connectivity index (χ1n) is 6.58. The molecule has 2 rings (SSSR count). The second kappa shape index (κ2) is 6.67. The van der Waals surface area contributed by atoms with Crippen molar-refractivity contribution in [2.45, 2.75) is 6.18 Å². The number of hydrogen-bond acceptors (Lipinski definition) is 5. The highest BCUT2D eigenvalue weighted by Crippen LogP contribution is 2.40. The average molecular weight is 357 g/mol. The number of carboxylic acid groups (broad SMARTS) is 1. The van der Waals surface area contributed by atoms with E-state index in [9.17, 15) is 28.1 Å². The summed E-state index contributed by atoms with van der Waals surface area (Å²) < 4.78 is 48.3. The number of hydrogen-bond donors (Lipinski definition) is 1. The van der Waals surface area contributed by atoms with Crippen LogP contribution in [0.15, 0.2) is 36.4 Å². The van der Waals surface area contributed by atoms with Gasteiger partial charge in [-0.3, -0.25) is 10.1 Å². The average Bonchev–Trinajstić information content (AvgIpc) is 2.54. The number of carbonyl (C=O) groups is 1. The van der Waals surface area contributed by atoms with E-state index in [1.807, 2.05) is 0 Å².